The highest BCUT2D eigenvalue weighted by Gasteiger charge is 2.29. The van der Waals surface area contributed by atoms with Gasteiger partial charge in [0, 0.05) is 26.3 Å². The van der Waals surface area contributed by atoms with Gasteiger partial charge in [-0.2, -0.15) is 0 Å². The Morgan fingerprint density at radius 2 is 1.88 bits per heavy atom. The van der Waals surface area contributed by atoms with Crippen molar-refractivity contribution in [2.45, 2.75) is 57.7 Å². The number of carbonyl (C=O) groups is 3. The summed E-state index contributed by atoms with van der Waals surface area (Å²) in [5.41, 5.74) is 0. The Hall–Kier alpha value is -2.19. The van der Waals surface area contributed by atoms with Gasteiger partial charge in [-0.25, -0.2) is 4.79 Å². The lowest BCUT2D eigenvalue weighted by Gasteiger charge is -2.26. The van der Waals surface area contributed by atoms with E-state index in [-0.39, 0.29) is 6.42 Å². The van der Waals surface area contributed by atoms with Crippen molar-refractivity contribution in [1.29, 1.82) is 0 Å². The Kier molecular flexibility index (Phi) is 7.60. The van der Waals surface area contributed by atoms with Crippen molar-refractivity contribution < 1.29 is 38.8 Å². The molecule has 134 valence electrons. The van der Waals surface area contributed by atoms with Gasteiger partial charge in [0.15, 0.2) is 6.10 Å². The Morgan fingerprint density at radius 1 is 1.25 bits per heavy atom. The van der Waals surface area contributed by atoms with Gasteiger partial charge < -0.3 is 24.4 Å². The van der Waals surface area contributed by atoms with Gasteiger partial charge in [-0.3, -0.25) is 9.59 Å². The fourth-order valence-corrected chi connectivity index (χ4v) is 2.11. The number of aliphatic hydroxyl groups is 2. The summed E-state index contributed by atoms with van der Waals surface area (Å²) in [4.78, 5) is 33.3. The average molecular weight is 342 g/mol. The topological polar surface area (TPSA) is 119 Å². The molecule has 0 bridgehead atoms. The van der Waals surface area contributed by atoms with Crippen LogP contribution in [0.1, 0.15) is 27.2 Å². The van der Waals surface area contributed by atoms with E-state index in [1.54, 1.807) is 6.08 Å². The van der Waals surface area contributed by atoms with Crippen molar-refractivity contribution in [2.24, 2.45) is 0 Å². The molecule has 24 heavy (non-hydrogen) atoms. The first kappa shape index (κ1) is 19.9. The fourth-order valence-electron chi connectivity index (χ4n) is 2.11. The molecule has 0 aromatic rings. The Bertz CT molecular complexity index is 524. The summed E-state index contributed by atoms with van der Waals surface area (Å²) >= 11 is 0. The summed E-state index contributed by atoms with van der Waals surface area (Å²) in [6.45, 7) is 3.94. The molecule has 0 aromatic heterocycles. The third-order valence-electron chi connectivity index (χ3n) is 3.24. The van der Waals surface area contributed by atoms with Crippen molar-refractivity contribution in [3.8, 4) is 0 Å². The first-order valence-corrected chi connectivity index (χ1v) is 7.46. The predicted octanol–water partition coefficient (Wildman–Crippen LogP) is 0.0194. The molecule has 1 aliphatic heterocycles. The predicted molar refractivity (Wildman–Crippen MR) is 81.6 cm³/mol. The van der Waals surface area contributed by atoms with Crippen molar-refractivity contribution in [2.75, 3.05) is 0 Å². The standard InChI is InChI=1S/C16H22O8/c1-9(22-10(2)17)13(23-11(3)18)8-7-12(19)16(21)14-5-4-6-15(20)24-14/h4,6-9,12-14,16,19,21H,5H2,1-3H3/b8-7+/t9-,12-,13-,14-,16-/m0/s1. The number of aliphatic hydroxyl groups excluding tert-OH is 2. The van der Waals surface area contributed by atoms with Crippen molar-refractivity contribution >= 4 is 17.9 Å². The van der Waals surface area contributed by atoms with Gasteiger partial charge in [-0.15, -0.1) is 0 Å². The van der Waals surface area contributed by atoms with E-state index in [1.165, 1.54) is 39.0 Å². The lowest BCUT2D eigenvalue weighted by molar-refractivity contribution is -0.160. The lowest BCUT2D eigenvalue weighted by Crippen LogP contribution is -2.40. The van der Waals surface area contributed by atoms with Crippen LogP contribution in [0.2, 0.25) is 0 Å². The van der Waals surface area contributed by atoms with Crippen LogP contribution in [-0.2, 0) is 28.6 Å². The van der Waals surface area contributed by atoms with Crippen LogP contribution in [0.3, 0.4) is 0 Å². The Morgan fingerprint density at radius 3 is 2.42 bits per heavy atom. The number of hydrogen-bond donors (Lipinski definition) is 2. The van der Waals surface area contributed by atoms with Crippen LogP contribution in [0.5, 0.6) is 0 Å². The van der Waals surface area contributed by atoms with E-state index in [9.17, 15) is 24.6 Å². The summed E-state index contributed by atoms with van der Waals surface area (Å²) in [5.74, 6) is -1.73. The van der Waals surface area contributed by atoms with E-state index in [2.05, 4.69) is 0 Å². The molecule has 0 spiro atoms. The highest BCUT2D eigenvalue weighted by molar-refractivity contribution is 5.82. The number of cyclic esters (lactones) is 1. The van der Waals surface area contributed by atoms with E-state index in [0.717, 1.165) is 0 Å². The number of esters is 3. The smallest absolute Gasteiger partial charge is 0.330 e. The minimum atomic E-state index is -1.36. The third-order valence-corrected chi connectivity index (χ3v) is 3.24. The van der Waals surface area contributed by atoms with Crippen LogP contribution in [0, 0.1) is 0 Å². The number of carbonyl (C=O) groups excluding carboxylic acids is 3. The molecular weight excluding hydrogens is 320 g/mol. The van der Waals surface area contributed by atoms with Crippen molar-refractivity contribution in [3.63, 3.8) is 0 Å². The summed E-state index contributed by atoms with van der Waals surface area (Å²) in [5, 5.41) is 20.0. The van der Waals surface area contributed by atoms with Crippen molar-refractivity contribution in [1.82, 2.24) is 0 Å². The van der Waals surface area contributed by atoms with Gasteiger partial charge >= 0.3 is 17.9 Å². The second kappa shape index (κ2) is 9.19. The maximum absolute atomic E-state index is 11.2. The Labute approximate surface area is 139 Å². The minimum Gasteiger partial charge on any atom is -0.459 e. The van der Waals surface area contributed by atoms with Gasteiger partial charge in [0.25, 0.3) is 0 Å². The van der Waals surface area contributed by atoms with Gasteiger partial charge in [-0.05, 0) is 13.0 Å². The van der Waals surface area contributed by atoms with E-state index in [1.807, 2.05) is 0 Å². The molecule has 1 rings (SSSR count). The number of ether oxygens (including phenoxy) is 3. The number of rotatable bonds is 7. The zero-order chi connectivity index (χ0) is 18.3. The van der Waals surface area contributed by atoms with E-state index >= 15 is 0 Å². The summed E-state index contributed by atoms with van der Waals surface area (Å²) < 4.78 is 14.9. The molecule has 0 aliphatic carbocycles. The maximum Gasteiger partial charge on any atom is 0.330 e. The summed E-state index contributed by atoms with van der Waals surface area (Å²) in [6, 6.07) is 0. The van der Waals surface area contributed by atoms with Gasteiger partial charge in [0.1, 0.15) is 24.4 Å². The van der Waals surface area contributed by atoms with Gasteiger partial charge in [0.2, 0.25) is 0 Å². The molecule has 0 unspecified atom stereocenters. The van der Waals surface area contributed by atoms with Gasteiger partial charge in [-0.1, -0.05) is 12.2 Å². The van der Waals surface area contributed by atoms with Crippen LogP contribution in [-0.4, -0.2) is 58.6 Å². The molecule has 1 heterocycles. The minimum absolute atomic E-state index is 0.273. The third kappa shape index (κ3) is 6.51. The van der Waals surface area contributed by atoms with E-state index in [4.69, 9.17) is 14.2 Å². The van der Waals surface area contributed by atoms with Crippen LogP contribution >= 0.6 is 0 Å². The molecule has 0 saturated heterocycles. The molecule has 0 saturated carbocycles. The Balaban J connectivity index is 2.72. The molecule has 8 nitrogen and oxygen atoms in total. The van der Waals surface area contributed by atoms with E-state index in [0.29, 0.717) is 0 Å². The average Bonchev–Trinajstić information content (AvgIpc) is 2.49. The first-order valence-electron chi connectivity index (χ1n) is 7.46. The zero-order valence-electron chi connectivity index (χ0n) is 13.7. The second-order valence-corrected chi connectivity index (χ2v) is 5.37. The molecule has 2 N–H and O–H groups in total. The molecule has 0 aromatic carbocycles. The SMILES string of the molecule is CC(=O)O[C@@H](C)[C@H](/C=C/[C@H](O)[C@H](O)[C@@H]1CC=CC(=O)O1)OC(C)=O. The maximum atomic E-state index is 11.2. The molecule has 8 heteroatoms. The molecule has 0 amide bonds. The molecule has 1 aliphatic rings. The lowest BCUT2D eigenvalue weighted by atomic mass is 10.0. The quantitative estimate of drug-likeness (QED) is 0.377. The molecule has 5 atom stereocenters. The van der Waals surface area contributed by atoms with Crippen LogP contribution in [0.25, 0.3) is 0 Å². The highest BCUT2D eigenvalue weighted by atomic mass is 16.6. The second-order valence-electron chi connectivity index (χ2n) is 5.37. The van der Waals surface area contributed by atoms with E-state index < -0.39 is 48.4 Å². The van der Waals surface area contributed by atoms with Crippen LogP contribution in [0.15, 0.2) is 24.3 Å². The van der Waals surface area contributed by atoms with Gasteiger partial charge in [0.05, 0.1) is 0 Å². The summed E-state index contributed by atoms with van der Waals surface area (Å²) in [6.07, 6.45) is 0.269. The fraction of sp³-hybridized carbons (Fsp3) is 0.562. The molecular formula is C16H22O8. The normalized spacial score (nSPS) is 22.4. The number of hydrogen-bond acceptors (Lipinski definition) is 8. The molecule has 0 radical (unpaired) electrons. The summed E-state index contributed by atoms with van der Waals surface area (Å²) in [7, 11) is 0. The first-order chi connectivity index (χ1) is 11.2. The van der Waals surface area contributed by atoms with Crippen molar-refractivity contribution in [3.05, 3.63) is 24.3 Å². The van der Waals surface area contributed by atoms with Crippen LogP contribution in [0.4, 0.5) is 0 Å². The zero-order valence-corrected chi connectivity index (χ0v) is 13.7. The largest absolute Gasteiger partial charge is 0.459 e. The highest BCUT2D eigenvalue weighted by Crippen LogP contribution is 2.16. The monoisotopic (exact) mass is 342 g/mol. The molecule has 0 fully saturated rings. The van der Waals surface area contributed by atoms with Crippen LogP contribution < -0.4 is 0 Å².